The van der Waals surface area contributed by atoms with Gasteiger partial charge in [-0.1, -0.05) is 73.6 Å². The molecule has 0 aliphatic rings. The standard InChI is InChI=1S/C24H26ClN5O2S/c1-4-14-30-22(21(16(2)3)27-23(32)18-12-8-9-13-19(18)25)28-29-24(30)33-15-20(31)26-17-10-6-5-7-11-17/h4-13,16,21H,1,14-15H2,2-3H3,(H,26,31)(H,27,32)/t21-/m1/s1. The Bertz CT molecular complexity index is 1120. The number of aromatic nitrogens is 3. The van der Waals surface area contributed by atoms with E-state index >= 15 is 0 Å². The molecule has 0 saturated heterocycles. The van der Waals surface area contributed by atoms with E-state index in [0.29, 0.717) is 28.1 Å². The van der Waals surface area contributed by atoms with Gasteiger partial charge in [-0.15, -0.1) is 16.8 Å². The van der Waals surface area contributed by atoms with E-state index in [0.717, 1.165) is 5.69 Å². The number of para-hydroxylation sites is 1. The lowest BCUT2D eigenvalue weighted by atomic mass is 10.0. The summed E-state index contributed by atoms with van der Waals surface area (Å²) in [5.41, 5.74) is 1.13. The Balaban J connectivity index is 1.76. The largest absolute Gasteiger partial charge is 0.342 e. The fourth-order valence-corrected chi connectivity index (χ4v) is 4.16. The van der Waals surface area contributed by atoms with Gasteiger partial charge >= 0.3 is 0 Å². The number of carbonyl (C=O) groups excluding carboxylic acids is 2. The molecule has 3 aromatic rings. The molecule has 0 saturated carbocycles. The fraction of sp³-hybridized carbons (Fsp3) is 0.250. The quantitative estimate of drug-likeness (QED) is 0.314. The van der Waals surface area contributed by atoms with Crippen molar-refractivity contribution in [2.45, 2.75) is 31.6 Å². The molecule has 1 heterocycles. The van der Waals surface area contributed by atoms with Crippen LogP contribution < -0.4 is 10.6 Å². The first-order valence-corrected chi connectivity index (χ1v) is 11.8. The predicted molar refractivity (Wildman–Crippen MR) is 133 cm³/mol. The highest BCUT2D eigenvalue weighted by atomic mass is 35.5. The second kappa shape index (κ2) is 11.7. The zero-order chi connectivity index (χ0) is 23.8. The Labute approximate surface area is 202 Å². The molecular formula is C24H26ClN5O2S. The van der Waals surface area contributed by atoms with Gasteiger partial charge in [-0.3, -0.25) is 9.59 Å². The van der Waals surface area contributed by atoms with Gasteiger partial charge in [0.2, 0.25) is 5.91 Å². The summed E-state index contributed by atoms with van der Waals surface area (Å²) in [6.45, 7) is 8.25. The summed E-state index contributed by atoms with van der Waals surface area (Å²) >= 11 is 7.47. The Hall–Kier alpha value is -3.10. The summed E-state index contributed by atoms with van der Waals surface area (Å²) < 4.78 is 1.87. The molecule has 1 atom stereocenters. The van der Waals surface area contributed by atoms with Crippen molar-refractivity contribution in [2.75, 3.05) is 11.1 Å². The first-order chi connectivity index (χ1) is 15.9. The Morgan fingerprint density at radius 3 is 2.48 bits per heavy atom. The normalized spacial score (nSPS) is 11.8. The van der Waals surface area contributed by atoms with E-state index in [9.17, 15) is 9.59 Å². The zero-order valence-corrected chi connectivity index (χ0v) is 20.1. The molecule has 0 spiro atoms. The Morgan fingerprint density at radius 1 is 1.12 bits per heavy atom. The van der Waals surface area contributed by atoms with Crippen molar-refractivity contribution in [3.05, 3.63) is 83.7 Å². The van der Waals surface area contributed by atoms with Crippen LogP contribution in [-0.4, -0.2) is 32.3 Å². The lowest BCUT2D eigenvalue weighted by molar-refractivity contribution is -0.113. The van der Waals surface area contributed by atoms with Crippen LogP contribution in [0.5, 0.6) is 0 Å². The number of allylic oxidation sites excluding steroid dienone is 1. The number of nitrogens with zero attached hydrogens (tertiary/aromatic N) is 3. The maximum atomic E-state index is 12.9. The number of hydrogen-bond acceptors (Lipinski definition) is 5. The van der Waals surface area contributed by atoms with Crippen molar-refractivity contribution in [3.8, 4) is 0 Å². The van der Waals surface area contributed by atoms with Gasteiger partial charge in [-0.2, -0.15) is 0 Å². The average Bonchev–Trinajstić information content (AvgIpc) is 3.19. The zero-order valence-electron chi connectivity index (χ0n) is 18.5. The molecule has 2 amide bonds. The van der Waals surface area contributed by atoms with Crippen molar-refractivity contribution >= 4 is 40.9 Å². The number of amides is 2. The topological polar surface area (TPSA) is 88.9 Å². The maximum absolute atomic E-state index is 12.9. The number of rotatable bonds is 10. The van der Waals surface area contributed by atoms with Crippen LogP contribution in [0.1, 0.15) is 36.1 Å². The van der Waals surface area contributed by atoms with Crippen LogP contribution in [0.3, 0.4) is 0 Å². The predicted octanol–water partition coefficient (Wildman–Crippen LogP) is 4.98. The van der Waals surface area contributed by atoms with Crippen LogP contribution in [0.4, 0.5) is 5.69 Å². The van der Waals surface area contributed by atoms with E-state index in [1.807, 2.05) is 48.7 Å². The molecule has 0 bridgehead atoms. The van der Waals surface area contributed by atoms with Gasteiger partial charge in [-0.05, 0) is 30.2 Å². The van der Waals surface area contributed by atoms with Crippen LogP contribution in [0.25, 0.3) is 0 Å². The molecule has 0 unspecified atom stereocenters. The minimum absolute atomic E-state index is 0.0310. The van der Waals surface area contributed by atoms with Crippen molar-refractivity contribution in [3.63, 3.8) is 0 Å². The Kier molecular flexibility index (Phi) is 8.68. The molecule has 0 radical (unpaired) electrons. The van der Waals surface area contributed by atoms with Crippen LogP contribution in [-0.2, 0) is 11.3 Å². The number of benzene rings is 2. The first-order valence-electron chi connectivity index (χ1n) is 10.5. The van der Waals surface area contributed by atoms with Gasteiger partial charge in [0.25, 0.3) is 5.91 Å². The summed E-state index contributed by atoms with van der Waals surface area (Å²) in [4.78, 5) is 25.2. The monoisotopic (exact) mass is 483 g/mol. The third-order valence-corrected chi connectivity index (χ3v) is 6.09. The molecule has 1 aromatic heterocycles. The summed E-state index contributed by atoms with van der Waals surface area (Å²) in [6.07, 6.45) is 1.73. The van der Waals surface area contributed by atoms with E-state index in [2.05, 4.69) is 27.4 Å². The molecular weight excluding hydrogens is 458 g/mol. The van der Waals surface area contributed by atoms with E-state index in [4.69, 9.17) is 11.6 Å². The lowest BCUT2D eigenvalue weighted by Gasteiger charge is -2.23. The molecule has 172 valence electrons. The third kappa shape index (κ3) is 6.46. The highest BCUT2D eigenvalue weighted by Gasteiger charge is 2.27. The van der Waals surface area contributed by atoms with Crippen molar-refractivity contribution in [1.82, 2.24) is 20.1 Å². The van der Waals surface area contributed by atoms with Crippen LogP contribution in [0.15, 0.2) is 72.4 Å². The molecule has 9 heteroatoms. The molecule has 0 aliphatic carbocycles. The van der Waals surface area contributed by atoms with Gasteiger partial charge in [-0.25, -0.2) is 0 Å². The second-order valence-corrected chi connectivity index (χ2v) is 8.97. The van der Waals surface area contributed by atoms with Crippen molar-refractivity contribution in [1.29, 1.82) is 0 Å². The summed E-state index contributed by atoms with van der Waals surface area (Å²) in [7, 11) is 0. The maximum Gasteiger partial charge on any atom is 0.253 e. The summed E-state index contributed by atoms with van der Waals surface area (Å²) in [6, 6.07) is 15.8. The average molecular weight is 484 g/mol. The van der Waals surface area contributed by atoms with E-state index in [-0.39, 0.29) is 23.5 Å². The summed E-state index contributed by atoms with van der Waals surface area (Å²) in [5.74, 6) is 0.361. The van der Waals surface area contributed by atoms with Gasteiger partial charge in [0.15, 0.2) is 11.0 Å². The van der Waals surface area contributed by atoms with Crippen molar-refractivity contribution < 1.29 is 9.59 Å². The highest BCUT2D eigenvalue weighted by molar-refractivity contribution is 7.99. The molecule has 2 aromatic carbocycles. The van der Waals surface area contributed by atoms with E-state index in [1.165, 1.54) is 11.8 Å². The van der Waals surface area contributed by atoms with Crippen molar-refractivity contribution in [2.24, 2.45) is 5.92 Å². The van der Waals surface area contributed by atoms with Gasteiger partial charge in [0.1, 0.15) is 0 Å². The minimum Gasteiger partial charge on any atom is -0.342 e. The fourth-order valence-electron chi connectivity index (χ4n) is 3.18. The second-order valence-electron chi connectivity index (χ2n) is 7.62. The van der Waals surface area contributed by atoms with Crippen LogP contribution >= 0.6 is 23.4 Å². The highest BCUT2D eigenvalue weighted by Crippen LogP contribution is 2.26. The molecule has 2 N–H and O–H groups in total. The van der Waals surface area contributed by atoms with Gasteiger partial charge in [0, 0.05) is 12.2 Å². The van der Waals surface area contributed by atoms with E-state index < -0.39 is 6.04 Å². The number of halogens is 1. The lowest BCUT2D eigenvalue weighted by Crippen LogP contribution is -2.34. The molecule has 7 nitrogen and oxygen atoms in total. The first kappa shape index (κ1) is 24.5. The van der Waals surface area contributed by atoms with Gasteiger partial charge < -0.3 is 15.2 Å². The molecule has 0 aliphatic heterocycles. The summed E-state index contributed by atoms with van der Waals surface area (Å²) in [5, 5.41) is 15.5. The molecule has 3 rings (SSSR count). The minimum atomic E-state index is -0.409. The number of carbonyl (C=O) groups is 2. The number of thioether (sulfide) groups is 1. The molecule has 33 heavy (non-hydrogen) atoms. The van der Waals surface area contributed by atoms with E-state index in [1.54, 1.807) is 30.3 Å². The van der Waals surface area contributed by atoms with Crippen LogP contribution in [0, 0.1) is 5.92 Å². The van der Waals surface area contributed by atoms with Crippen LogP contribution in [0.2, 0.25) is 5.02 Å². The number of anilines is 1. The SMILES string of the molecule is C=CCn1c(SCC(=O)Nc2ccccc2)nnc1[C@H](NC(=O)c1ccccc1Cl)C(C)C. The number of hydrogen-bond donors (Lipinski definition) is 2. The third-order valence-electron chi connectivity index (χ3n) is 4.80. The Morgan fingerprint density at radius 2 is 1.82 bits per heavy atom. The number of nitrogens with one attached hydrogen (secondary N) is 2. The van der Waals surface area contributed by atoms with Gasteiger partial charge in [0.05, 0.1) is 22.4 Å². The smallest absolute Gasteiger partial charge is 0.253 e. The molecule has 0 fully saturated rings.